The molecule has 0 aromatic rings. The van der Waals surface area contributed by atoms with Crippen molar-refractivity contribution in [2.45, 2.75) is 82.7 Å². The molecular formula is C17H32N2. The molecule has 1 unspecified atom stereocenters. The van der Waals surface area contributed by atoms with Crippen molar-refractivity contribution >= 4 is 0 Å². The predicted molar refractivity (Wildman–Crippen MR) is 81.4 cm³/mol. The number of hydrogen-bond donors (Lipinski definition) is 1. The molecule has 1 N–H and O–H groups in total. The van der Waals surface area contributed by atoms with E-state index >= 15 is 0 Å². The second-order valence-corrected chi connectivity index (χ2v) is 7.08. The molecule has 0 amide bonds. The van der Waals surface area contributed by atoms with E-state index in [1.807, 2.05) is 0 Å². The lowest BCUT2D eigenvalue weighted by Gasteiger charge is -2.29. The van der Waals surface area contributed by atoms with Gasteiger partial charge >= 0.3 is 0 Å². The Bertz CT molecular complexity index is 254. The third kappa shape index (κ3) is 3.72. The summed E-state index contributed by atoms with van der Waals surface area (Å²) in [4.78, 5) is 2.83. The number of nitrogens with zero attached hydrogens (tertiary/aromatic N) is 1. The van der Waals surface area contributed by atoms with Crippen LogP contribution in [0.5, 0.6) is 0 Å². The quantitative estimate of drug-likeness (QED) is 0.738. The summed E-state index contributed by atoms with van der Waals surface area (Å²) in [5.41, 5.74) is 0. The first kappa shape index (κ1) is 13.9. The first-order chi connectivity index (χ1) is 9.43. The highest BCUT2D eigenvalue weighted by molar-refractivity contribution is 4.87. The Hall–Kier alpha value is -0.0800. The van der Waals surface area contributed by atoms with Crippen molar-refractivity contribution in [1.82, 2.24) is 10.2 Å². The number of rotatable bonds is 6. The van der Waals surface area contributed by atoms with E-state index in [1.165, 1.54) is 90.3 Å². The van der Waals surface area contributed by atoms with Crippen LogP contribution in [0.15, 0.2) is 0 Å². The molecule has 110 valence electrons. The number of hydrogen-bond acceptors (Lipinski definition) is 2. The average molecular weight is 264 g/mol. The van der Waals surface area contributed by atoms with Crippen molar-refractivity contribution in [2.24, 2.45) is 5.92 Å². The Balaban J connectivity index is 1.34. The van der Waals surface area contributed by atoms with Gasteiger partial charge in [0.05, 0.1) is 0 Å². The van der Waals surface area contributed by atoms with Gasteiger partial charge in [0.2, 0.25) is 0 Å². The fourth-order valence-corrected chi connectivity index (χ4v) is 4.72. The molecular weight excluding hydrogens is 232 g/mol. The van der Waals surface area contributed by atoms with Crippen LogP contribution in [0.4, 0.5) is 0 Å². The molecule has 3 rings (SSSR count). The molecule has 2 nitrogen and oxygen atoms in total. The van der Waals surface area contributed by atoms with Gasteiger partial charge in [-0.2, -0.15) is 0 Å². The van der Waals surface area contributed by atoms with Crippen LogP contribution in [-0.4, -0.2) is 36.6 Å². The van der Waals surface area contributed by atoms with Gasteiger partial charge in [0, 0.05) is 12.1 Å². The van der Waals surface area contributed by atoms with Crippen LogP contribution < -0.4 is 5.32 Å². The maximum absolute atomic E-state index is 3.76. The zero-order valence-corrected chi connectivity index (χ0v) is 12.6. The van der Waals surface area contributed by atoms with Gasteiger partial charge in [-0.05, 0) is 70.5 Å². The van der Waals surface area contributed by atoms with E-state index in [2.05, 4.69) is 10.2 Å². The first-order valence-corrected chi connectivity index (χ1v) is 8.91. The molecule has 0 aromatic carbocycles. The maximum Gasteiger partial charge on any atom is 0.0124 e. The number of likely N-dealkylation sites (tertiary alicyclic amines) is 1. The Labute approximate surface area is 119 Å². The van der Waals surface area contributed by atoms with Crippen molar-refractivity contribution in [3.8, 4) is 0 Å². The molecule has 0 bridgehead atoms. The van der Waals surface area contributed by atoms with Gasteiger partial charge in [-0.3, -0.25) is 0 Å². The van der Waals surface area contributed by atoms with Crippen LogP contribution in [0.1, 0.15) is 70.6 Å². The van der Waals surface area contributed by atoms with Crippen LogP contribution in [0, 0.1) is 5.92 Å². The molecule has 3 aliphatic rings. The molecule has 1 atom stereocenters. The van der Waals surface area contributed by atoms with Gasteiger partial charge in [0.1, 0.15) is 0 Å². The Morgan fingerprint density at radius 2 is 1.58 bits per heavy atom. The van der Waals surface area contributed by atoms with Gasteiger partial charge in [-0.25, -0.2) is 0 Å². The molecule has 2 aliphatic carbocycles. The van der Waals surface area contributed by atoms with Gasteiger partial charge in [-0.1, -0.05) is 25.7 Å². The Morgan fingerprint density at radius 3 is 2.37 bits per heavy atom. The topological polar surface area (TPSA) is 15.3 Å². The highest BCUT2D eigenvalue weighted by Crippen LogP contribution is 2.35. The fourth-order valence-electron chi connectivity index (χ4n) is 4.72. The summed E-state index contributed by atoms with van der Waals surface area (Å²) in [6.07, 6.45) is 16.1. The van der Waals surface area contributed by atoms with E-state index in [4.69, 9.17) is 0 Å². The van der Waals surface area contributed by atoms with E-state index in [0.717, 1.165) is 18.0 Å². The lowest BCUT2D eigenvalue weighted by molar-refractivity contribution is 0.188. The highest BCUT2D eigenvalue weighted by Gasteiger charge is 2.32. The first-order valence-electron chi connectivity index (χ1n) is 8.91. The number of nitrogens with one attached hydrogen (secondary N) is 1. The second kappa shape index (κ2) is 7.08. The van der Waals surface area contributed by atoms with Crippen molar-refractivity contribution in [2.75, 3.05) is 19.6 Å². The summed E-state index contributed by atoms with van der Waals surface area (Å²) in [5.74, 6) is 1.05. The SMILES string of the molecule is C1CCC(NCCCN2CCCC2C2CCCC2)C1. The zero-order chi connectivity index (χ0) is 12.9. The van der Waals surface area contributed by atoms with Crippen molar-refractivity contribution in [3.63, 3.8) is 0 Å². The van der Waals surface area contributed by atoms with Crippen molar-refractivity contribution < 1.29 is 0 Å². The van der Waals surface area contributed by atoms with Crippen molar-refractivity contribution in [3.05, 3.63) is 0 Å². The predicted octanol–water partition coefficient (Wildman–Crippen LogP) is 3.56. The van der Waals surface area contributed by atoms with E-state index in [-0.39, 0.29) is 0 Å². The molecule has 3 fully saturated rings. The summed E-state index contributed by atoms with van der Waals surface area (Å²) in [5, 5.41) is 3.76. The molecule has 1 saturated heterocycles. The molecule has 1 heterocycles. The van der Waals surface area contributed by atoms with E-state index in [1.54, 1.807) is 0 Å². The third-order valence-corrected chi connectivity index (χ3v) is 5.77. The van der Waals surface area contributed by atoms with Gasteiger partial charge < -0.3 is 10.2 Å². The zero-order valence-electron chi connectivity index (χ0n) is 12.6. The largest absolute Gasteiger partial charge is 0.314 e. The Kier molecular flexibility index (Phi) is 5.17. The van der Waals surface area contributed by atoms with Gasteiger partial charge in [0.15, 0.2) is 0 Å². The standard InChI is InChI=1S/C17H32N2/c1-2-8-15(7-1)17-11-5-13-19(17)14-6-12-18-16-9-3-4-10-16/h15-18H,1-14H2. The normalized spacial score (nSPS) is 30.6. The minimum atomic E-state index is 0.851. The lowest BCUT2D eigenvalue weighted by Crippen LogP contribution is -2.37. The van der Waals surface area contributed by atoms with Crippen LogP contribution in [0.3, 0.4) is 0 Å². The summed E-state index contributed by atoms with van der Waals surface area (Å²) < 4.78 is 0. The molecule has 2 heteroatoms. The lowest BCUT2D eigenvalue weighted by atomic mass is 9.96. The fraction of sp³-hybridized carbons (Fsp3) is 1.00. The summed E-state index contributed by atoms with van der Waals surface area (Å²) >= 11 is 0. The maximum atomic E-state index is 3.76. The molecule has 2 saturated carbocycles. The minimum absolute atomic E-state index is 0.851. The second-order valence-electron chi connectivity index (χ2n) is 7.08. The van der Waals surface area contributed by atoms with Crippen LogP contribution in [0.25, 0.3) is 0 Å². The van der Waals surface area contributed by atoms with Crippen LogP contribution in [-0.2, 0) is 0 Å². The van der Waals surface area contributed by atoms with Crippen molar-refractivity contribution in [1.29, 1.82) is 0 Å². The Morgan fingerprint density at radius 1 is 0.842 bits per heavy atom. The van der Waals surface area contributed by atoms with E-state index in [0.29, 0.717) is 0 Å². The third-order valence-electron chi connectivity index (χ3n) is 5.77. The van der Waals surface area contributed by atoms with Gasteiger partial charge in [0.25, 0.3) is 0 Å². The molecule has 0 aromatic heterocycles. The highest BCUT2D eigenvalue weighted by atomic mass is 15.2. The van der Waals surface area contributed by atoms with Crippen LogP contribution >= 0.6 is 0 Å². The molecule has 1 aliphatic heterocycles. The summed E-state index contributed by atoms with van der Waals surface area (Å²) in [6.45, 7) is 3.98. The smallest absolute Gasteiger partial charge is 0.0124 e. The molecule has 0 spiro atoms. The minimum Gasteiger partial charge on any atom is -0.314 e. The molecule has 19 heavy (non-hydrogen) atoms. The summed E-state index contributed by atoms with van der Waals surface area (Å²) in [6, 6.07) is 1.80. The van der Waals surface area contributed by atoms with Crippen LogP contribution in [0.2, 0.25) is 0 Å². The molecule has 0 radical (unpaired) electrons. The van der Waals surface area contributed by atoms with Gasteiger partial charge in [-0.15, -0.1) is 0 Å². The average Bonchev–Trinajstić information content (AvgIpc) is 3.15. The van der Waals surface area contributed by atoms with E-state index < -0.39 is 0 Å². The van der Waals surface area contributed by atoms with E-state index in [9.17, 15) is 0 Å². The summed E-state index contributed by atoms with van der Waals surface area (Å²) in [7, 11) is 0. The monoisotopic (exact) mass is 264 g/mol.